The second-order valence-corrected chi connectivity index (χ2v) is 5.67. The summed E-state index contributed by atoms with van der Waals surface area (Å²) in [5.74, 6) is 3.18. The van der Waals surface area contributed by atoms with Gasteiger partial charge in [0.05, 0.1) is 19.1 Å². The largest absolute Gasteiger partial charge is 0.497 e. The van der Waals surface area contributed by atoms with Crippen LogP contribution in [0.15, 0.2) is 36.4 Å². The van der Waals surface area contributed by atoms with Crippen molar-refractivity contribution in [3.05, 3.63) is 47.5 Å². The smallest absolute Gasteiger partial charge is 0.193 e. The minimum Gasteiger partial charge on any atom is -0.497 e. The molecule has 2 aromatic carbocycles. The molecule has 2 aliphatic heterocycles. The van der Waals surface area contributed by atoms with Crippen molar-refractivity contribution in [3.8, 4) is 23.0 Å². The topological polar surface area (TPSA) is 36.9 Å². The molecule has 20 heavy (non-hydrogen) atoms. The van der Waals surface area contributed by atoms with Crippen LogP contribution >= 0.6 is 11.0 Å². The molecule has 5 heteroatoms. The van der Waals surface area contributed by atoms with Gasteiger partial charge in [0, 0.05) is 23.3 Å². The fourth-order valence-corrected chi connectivity index (χ4v) is 3.86. The molecule has 0 aromatic heterocycles. The summed E-state index contributed by atoms with van der Waals surface area (Å²) < 4.78 is 22.2. The Hall–Kier alpha value is -2.14. The van der Waals surface area contributed by atoms with E-state index < -0.39 is 11.0 Å². The maximum Gasteiger partial charge on any atom is 0.193 e. The van der Waals surface area contributed by atoms with Crippen molar-refractivity contribution in [2.75, 3.05) is 14.2 Å². The molecule has 0 saturated heterocycles. The third-order valence-electron chi connectivity index (χ3n) is 3.36. The normalized spacial score (nSPS) is 15.0. The second kappa shape index (κ2) is 4.18. The zero-order valence-electron chi connectivity index (χ0n) is 11.0. The Labute approximate surface area is 119 Å². The Balaban J connectivity index is 1.82. The van der Waals surface area contributed by atoms with Gasteiger partial charge >= 0.3 is 0 Å². The van der Waals surface area contributed by atoms with Gasteiger partial charge in [0.15, 0.2) is 22.5 Å². The molecule has 0 unspecified atom stereocenters. The van der Waals surface area contributed by atoms with E-state index in [1.54, 1.807) is 14.2 Å². The van der Waals surface area contributed by atoms with E-state index in [-0.39, 0.29) is 0 Å². The lowest BCUT2D eigenvalue weighted by molar-refractivity contribution is 0.411. The summed E-state index contributed by atoms with van der Waals surface area (Å²) in [4.78, 5) is 1.10. The van der Waals surface area contributed by atoms with Crippen LogP contribution in [0, 0.1) is 0 Å². The van der Waals surface area contributed by atoms with Crippen LogP contribution in [0.3, 0.4) is 0 Å². The van der Waals surface area contributed by atoms with Gasteiger partial charge in [-0.2, -0.15) is 0 Å². The predicted molar refractivity (Wildman–Crippen MR) is 78.0 cm³/mol. The van der Waals surface area contributed by atoms with Crippen LogP contribution in [-0.2, 0) is 0 Å². The number of rotatable bonds is 2. The number of hydrogen-bond donors (Lipinski definition) is 0. The van der Waals surface area contributed by atoms with E-state index in [4.69, 9.17) is 17.8 Å². The SMILES string of the molecule is COc1ccc2c(c1)OS1=C2c2ccc(OC)cc2O1. The first-order chi connectivity index (χ1) is 9.80. The molecule has 0 radical (unpaired) electrons. The first kappa shape index (κ1) is 11.7. The van der Waals surface area contributed by atoms with E-state index in [0.717, 1.165) is 39.0 Å². The summed E-state index contributed by atoms with van der Waals surface area (Å²) in [5.41, 5.74) is 2.14. The highest BCUT2D eigenvalue weighted by Gasteiger charge is 2.34. The molecule has 0 N–H and O–H groups in total. The minimum atomic E-state index is -0.676. The van der Waals surface area contributed by atoms with E-state index >= 15 is 0 Å². The third kappa shape index (κ3) is 1.53. The lowest BCUT2D eigenvalue weighted by atomic mass is 10.0. The monoisotopic (exact) mass is 288 g/mol. The number of fused-ring (bicyclic) bond motifs is 4. The Morgan fingerprint density at radius 3 is 1.75 bits per heavy atom. The van der Waals surface area contributed by atoms with Crippen molar-refractivity contribution in [1.82, 2.24) is 0 Å². The second-order valence-electron chi connectivity index (χ2n) is 4.45. The molecule has 0 spiro atoms. The highest BCUT2D eigenvalue weighted by molar-refractivity contribution is 8.09. The van der Waals surface area contributed by atoms with Gasteiger partial charge in [0.1, 0.15) is 11.5 Å². The minimum absolute atomic E-state index is 0.676. The molecule has 4 rings (SSSR count). The molecule has 2 heterocycles. The van der Waals surface area contributed by atoms with E-state index in [0.29, 0.717) is 0 Å². The molecule has 2 aromatic rings. The van der Waals surface area contributed by atoms with Gasteiger partial charge in [-0.1, -0.05) is 0 Å². The molecule has 0 saturated carbocycles. The van der Waals surface area contributed by atoms with Gasteiger partial charge in [-0.25, -0.2) is 0 Å². The molecule has 0 bridgehead atoms. The molecule has 0 atom stereocenters. The van der Waals surface area contributed by atoms with Crippen LogP contribution in [-0.4, -0.2) is 19.1 Å². The third-order valence-corrected chi connectivity index (χ3v) is 4.80. The van der Waals surface area contributed by atoms with Crippen molar-refractivity contribution in [1.29, 1.82) is 0 Å². The van der Waals surface area contributed by atoms with Crippen molar-refractivity contribution in [2.24, 2.45) is 0 Å². The fraction of sp³-hybridized carbons (Fsp3) is 0.133. The number of ether oxygens (including phenoxy) is 2. The summed E-state index contributed by atoms with van der Waals surface area (Å²) in [7, 11) is 3.29. The van der Waals surface area contributed by atoms with Crippen molar-refractivity contribution < 1.29 is 17.8 Å². The highest BCUT2D eigenvalue weighted by atomic mass is 32.2. The number of benzene rings is 2. The molecule has 102 valence electrons. The Kier molecular flexibility index (Phi) is 2.44. The molecule has 4 nitrogen and oxygen atoms in total. The molecule has 0 amide bonds. The molecular weight excluding hydrogens is 276 g/mol. The van der Waals surface area contributed by atoms with Gasteiger partial charge in [0.25, 0.3) is 0 Å². The molecular formula is C15H12O4S. The Morgan fingerprint density at radius 2 is 1.30 bits per heavy atom. The van der Waals surface area contributed by atoms with Gasteiger partial charge in [-0.05, 0) is 24.3 Å². The van der Waals surface area contributed by atoms with Crippen molar-refractivity contribution in [3.63, 3.8) is 0 Å². The van der Waals surface area contributed by atoms with Crippen LogP contribution in [0.2, 0.25) is 0 Å². The zero-order valence-corrected chi connectivity index (χ0v) is 11.8. The van der Waals surface area contributed by atoms with Gasteiger partial charge in [-0.3, -0.25) is 0 Å². The maximum absolute atomic E-state index is 5.88. The predicted octanol–water partition coefficient (Wildman–Crippen LogP) is 3.16. The first-order valence-corrected chi connectivity index (χ1v) is 7.22. The quantitative estimate of drug-likeness (QED) is 0.795. The summed E-state index contributed by atoms with van der Waals surface area (Å²) in [6, 6.07) is 11.7. The van der Waals surface area contributed by atoms with Crippen LogP contribution in [0.25, 0.3) is 0 Å². The number of methoxy groups -OCH3 is 2. The average Bonchev–Trinajstić information content (AvgIpc) is 3.00. The van der Waals surface area contributed by atoms with Gasteiger partial charge in [0.2, 0.25) is 0 Å². The van der Waals surface area contributed by atoms with Crippen LogP contribution < -0.4 is 17.8 Å². The lowest BCUT2D eigenvalue weighted by Crippen LogP contribution is -1.97. The van der Waals surface area contributed by atoms with E-state index in [2.05, 4.69) is 0 Å². The van der Waals surface area contributed by atoms with Crippen LogP contribution in [0.5, 0.6) is 23.0 Å². The zero-order chi connectivity index (χ0) is 13.7. The fourth-order valence-electron chi connectivity index (χ4n) is 2.36. The Bertz CT molecular complexity index is 690. The van der Waals surface area contributed by atoms with Gasteiger partial charge < -0.3 is 17.8 Å². The molecule has 0 fully saturated rings. The van der Waals surface area contributed by atoms with Crippen molar-refractivity contribution in [2.45, 2.75) is 0 Å². The maximum atomic E-state index is 5.88. The van der Waals surface area contributed by atoms with E-state index in [1.807, 2.05) is 36.4 Å². The van der Waals surface area contributed by atoms with E-state index in [1.165, 1.54) is 0 Å². The van der Waals surface area contributed by atoms with E-state index in [9.17, 15) is 0 Å². The summed E-state index contributed by atoms with van der Waals surface area (Å²) in [6.07, 6.45) is 0. The summed E-state index contributed by atoms with van der Waals surface area (Å²) in [6.45, 7) is 0. The summed E-state index contributed by atoms with van der Waals surface area (Å²) >= 11 is -0.676. The summed E-state index contributed by atoms with van der Waals surface area (Å²) in [5, 5.41) is 0. The lowest BCUT2D eigenvalue weighted by Gasteiger charge is -2.09. The van der Waals surface area contributed by atoms with Crippen LogP contribution in [0.1, 0.15) is 11.1 Å². The van der Waals surface area contributed by atoms with Crippen molar-refractivity contribution >= 4 is 15.9 Å². The molecule has 0 aliphatic carbocycles. The first-order valence-electron chi connectivity index (χ1n) is 6.15. The standard InChI is InChI=1S/C15H12O4S/c1-16-9-3-5-11-13(7-9)18-20-15(11)12-6-4-10(17-2)8-14(12)19-20/h3-8H,1-2H3. The van der Waals surface area contributed by atoms with Gasteiger partial charge in [-0.15, -0.1) is 0 Å². The average molecular weight is 288 g/mol. The highest BCUT2D eigenvalue weighted by Crippen LogP contribution is 2.49. The molecule has 2 aliphatic rings. The van der Waals surface area contributed by atoms with Crippen LogP contribution in [0.4, 0.5) is 0 Å². The number of hydrogen-bond acceptors (Lipinski definition) is 4. The Morgan fingerprint density at radius 1 is 0.800 bits per heavy atom.